The number of rotatable bonds is 14. The van der Waals surface area contributed by atoms with Crippen LogP contribution in [0.3, 0.4) is 0 Å². The second-order valence-electron chi connectivity index (χ2n) is 16.0. The number of nitrogens with one attached hydrogen (secondary N) is 4. The van der Waals surface area contributed by atoms with Gasteiger partial charge in [-0.25, -0.2) is 19.6 Å². The highest BCUT2D eigenvalue weighted by Gasteiger charge is 2.43. The summed E-state index contributed by atoms with van der Waals surface area (Å²) >= 11 is 7.26. The number of alkyl carbamates (subject to hydrolysis) is 2. The molecule has 2 aromatic carbocycles. The summed E-state index contributed by atoms with van der Waals surface area (Å²) in [5.41, 5.74) is 23.2. The van der Waals surface area contributed by atoms with Crippen LogP contribution in [0, 0.1) is 17.8 Å². The van der Waals surface area contributed by atoms with Crippen molar-refractivity contribution < 1.29 is 28.7 Å². The Kier molecular flexibility index (Phi) is 15.0. The number of halogens is 2. The Morgan fingerprint density at radius 3 is 1.56 bits per heavy atom. The molecule has 2 fully saturated rings. The van der Waals surface area contributed by atoms with Gasteiger partial charge in [0, 0.05) is 40.6 Å². The summed E-state index contributed by atoms with van der Waals surface area (Å²) in [6.45, 7) is 7.92. The number of aromatic nitrogens is 4. The fraction of sp³-hybridized carbons (Fsp3) is 0.463. The van der Waals surface area contributed by atoms with Crippen LogP contribution in [-0.2, 0) is 19.1 Å². The van der Waals surface area contributed by atoms with Crippen LogP contribution >= 0.6 is 31.9 Å². The molecule has 0 saturated carbocycles. The highest BCUT2D eigenvalue weighted by molar-refractivity contribution is 9.10. The Morgan fingerprint density at radius 1 is 0.730 bits per heavy atom. The number of imidazole rings is 2. The van der Waals surface area contributed by atoms with E-state index in [2.05, 4.69) is 72.5 Å². The number of likely N-dealkylation sites (tertiary alicyclic amines) is 2. The van der Waals surface area contributed by atoms with Gasteiger partial charge in [-0.1, -0.05) is 86.5 Å². The molecule has 0 radical (unpaired) electrons. The molecular weight excluding hydrogens is 944 g/mol. The van der Waals surface area contributed by atoms with Crippen molar-refractivity contribution in [3.63, 3.8) is 0 Å². The number of methoxy groups -OCH3 is 2. The van der Waals surface area contributed by atoms with Crippen LogP contribution in [0.25, 0.3) is 54.5 Å². The van der Waals surface area contributed by atoms with Gasteiger partial charge in [0.25, 0.3) is 0 Å². The number of azide groups is 2. The van der Waals surface area contributed by atoms with Gasteiger partial charge in [-0.15, -0.1) is 0 Å². The highest BCUT2D eigenvalue weighted by Crippen LogP contribution is 2.39. The van der Waals surface area contributed by atoms with Crippen molar-refractivity contribution in [2.75, 3.05) is 33.9 Å². The summed E-state index contributed by atoms with van der Waals surface area (Å²) < 4.78 is 10.7. The molecule has 6 rings (SSSR count). The lowest BCUT2D eigenvalue weighted by atomic mass is 9.94. The van der Waals surface area contributed by atoms with Crippen molar-refractivity contribution in [2.24, 2.45) is 28.0 Å². The van der Waals surface area contributed by atoms with Crippen molar-refractivity contribution in [1.82, 2.24) is 40.4 Å². The molecule has 332 valence electrons. The lowest BCUT2D eigenvalue weighted by Crippen LogP contribution is -2.51. The minimum Gasteiger partial charge on any atom is -0.453 e. The molecule has 2 aromatic heterocycles. The Labute approximate surface area is 379 Å². The zero-order valence-corrected chi connectivity index (χ0v) is 38.6. The minimum absolute atomic E-state index is 0.0887. The summed E-state index contributed by atoms with van der Waals surface area (Å²) in [6, 6.07) is 12.9. The van der Waals surface area contributed by atoms with E-state index in [1.165, 1.54) is 14.2 Å². The van der Waals surface area contributed by atoms with Gasteiger partial charge in [0.1, 0.15) is 38.3 Å². The van der Waals surface area contributed by atoms with Gasteiger partial charge in [-0.3, -0.25) is 9.59 Å². The van der Waals surface area contributed by atoms with Gasteiger partial charge in [-0.05, 0) is 78.7 Å². The van der Waals surface area contributed by atoms with Crippen molar-refractivity contribution in [3.05, 3.63) is 90.3 Å². The van der Waals surface area contributed by atoms with Crippen molar-refractivity contribution in [3.8, 4) is 33.6 Å². The maximum absolute atomic E-state index is 14.0. The van der Waals surface area contributed by atoms with Gasteiger partial charge in [0.2, 0.25) is 11.8 Å². The van der Waals surface area contributed by atoms with Gasteiger partial charge < -0.3 is 39.9 Å². The number of amides is 4. The number of ether oxygens (including phenoxy) is 2. The molecule has 4 heterocycles. The number of carbonyl (C=O) groups excluding carboxylic acids is 4. The van der Waals surface area contributed by atoms with E-state index in [9.17, 15) is 30.2 Å². The van der Waals surface area contributed by atoms with Crippen LogP contribution in [-0.4, -0.2) is 106 Å². The predicted molar refractivity (Wildman–Crippen MR) is 239 cm³/mol. The molecule has 4 N–H and O–H groups in total. The van der Waals surface area contributed by atoms with Crippen LogP contribution in [0.4, 0.5) is 9.59 Å². The van der Waals surface area contributed by atoms with Crippen LogP contribution in [0.5, 0.6) is 0 Å². The number of aromatic amines is 2. The Morgan fingerprint density at radius 2 is 1.16 bits per heavy atom. The van der Waals surface area contributed by atoms with E-state index >= 15 is 0 Å². The molecule has 2 aliphatic rings. The number of hydrogen-bond donors (Lipinski definition) is 4. The monoisotopic (exact) mass is 990 g/mol. The average molecular weight is 993 g/mol. The van der Waals surface area contributed by atoms with E-state index in [1.54, 1.807) is 9.80 Å². The molecule has 0 aliphatic carbocycles. The SMILES string of the molecule is COC(=O)NC[C@H](C(=O)N1C[C@@H](N=[N+]=[N-])CC1c1nc(-c2ccc(-c3ccc(-c4nc(C5C[C@H](N=[N+]=[N-])CN5C(=O)[C@@H](NC(=O)OC)C(C)C)[nH]c4Br)cc3)cc2)c(Br)[nH]1)C(C)C. The third kappa shape index (κ3) is 10.4. The molecule has 4 amide bonds. The van der Waals surface area contributed by atoms with Gasteiger partial charge in [0.05, 0.1) is 44.3 Å². The minimum atomic E-state index is -0.866. The highest BCUT2D eigenvalue weighted by atomic mass is 79.9. The molecule has 2 aliphatic heterocycles. The molecular formula is C41H48Br2N14O6. The zero-order valence-electron chi connectivity index (χ0n) is 35.5. The average Bonchev–Trinajstić information content (AvgIpc) is 4.07. The van der Waals surface area contributed by atoms with E-state index in [0.717, 1.165) is 22.3 Å². The molecule has 63 heavy (non-hydrogen) atoms. The lowest BCUT2D eigenvalue weighted by molar-refractivity contribution is -0.138. The second kappa shape index (κ2) is 20.4. The van der Waals surface area contributed by atoms with Crippen molar-refractivity contribution in [1.29, 1.82) is 0 Å². The summed E-state index contributed by atoms with van der Waals surface area (Å²) in [6.07, 6.45) is -0.627. The maximum atomic E-state index is 14.0. The van der Waals surface area contributed by atoms with Crippen molar-refractivity contribution >= 4 is 55.9 Å². The second-order valence-corrected chi connectivity index (χ2v) is 17.6. The lowest BCUT2D eigenvalue weighted by Gasteiger charge is -2.30. The molecule has 2 saturated heterocycles. The fourth-order valence-electron chi connectivity index (χ4n) is 7.99. The first-order valence-corrected chi connectivity index (χ1v) is 21.8. The summed E-state index contributed by atoms with van der Waals surface area (Å²) in [5.74, 6) is -0.375. The van der Waals surface area contributed by atoms with E-state index in [0.29, 0.717) is 45.1 Å². The Hall–Kier alpha value is -6.08. The van der Waals surface area contributed by atoms with E-state index in [1.807, 2.05) is 76.2 Å². The number of H-pyrrole nitrogens is 2. The fourth-order valence-corrected chi connectivity index (χ4v) is 9.03. The van der Waals surface area contributed by atoms with Crippen LogP contribution < -0.4 is 10.6 Å². The number of carbonyl (C=O) groups is 4. The third-order valence-corrected chi connectivity index (χ3v) is 12.5. The molecule has 0 bridgehead atoms. The van der Waals surface area contributed by atoms with Crippen LogP contribution in [0.1, 0.15) is 64.3 Å². The first-order chi connectivity index (χ1) is 30.2. The standard InChI is InChI=1S/C41H48Br2N14O6/c1-20(2)28(17-46-40(60)62-5)38(58)56-18-26(52-54-44)15-29(56)36-47-32(34(42)50-36)24-11-7-22(8-12-24)23-9-13-25(14-10-23)33-35(43)51-37(48-33)30-16-27(53-55-45)19-57(30)39(59)31(21(3)4)49-41(61)63-6/h7-14,20-21,26-31H,15-19H2,1-6H3,(H,46,60)(H,47,50)(H,48,51)(H,49,61)/t26-,27-,28-,29?,30?,31-/m0/s1. The number of nitrogens with zero attached hydrogens (tertiary/aromatic N) is 10. The Bertz CT molecular complexity index is 2410. The largest absolute Gasteiger partial charge is 0.453 e. The number of hydrogen-bond acceptors (Lipinski definition) is 10. The molecule has 22 heteroatoms. The molecule has 4 aromatic rings. The zero-order chi connectivity index (χ0) is 45.5. The quantitative estimate of drug-likeness (QED) is 0.0538. The van der Waals surface area contributed by atoms with Gasteiger partial charge >= 0.3 is 12.2 Å². The number of benzene rings is 2. The Balaban J connectivity index is 1.19. The third-order valence-electron chi connectivity index (χ3n) is 11.4. The smallest absolute Gasteiger partial charge is 0.407 e. The first-order valence-electron chi connectivity index (χ1n) is 20.2. The van der Waals surface area contributed by atoms with Gasteiger partial charge in [-0.2, -0.15) is 0 Å². The van der Waals surface area contributed by atoms with E-state index in [-0.39, 0.29) is 43.3 Å². The van der Waals surface area contributed by atoms with E-state index in [4.69, 9.17) is 19.4 Å². The summed E-state index contributed by atoms with van der Waals surface area (Å²) in [5, 5.41) is 13.1. The predicted octanol–water partition coefficient (Wildman–Crippen LogP) is 8.57. The normalized spacial score (nSPS) is 19.3. The van der Waals surface area contributed by atoms with E-state index < -0.39 is 48.3 Å². The van der Waals surface area contributed by atoms with Crippen LogP contribution in [0.15, 0.2) is 68.0 Å². The summed E-state index contributed by atoms with van der Waals surface area (Å²) in [4.78, 5) is 77.4. The molecule has 20 nitrogen and oxygen atoms in total. The molecule has 2 unspecified atom stereocenters. The first kappa shape index (κ1) is 46.4. The van der Waals surface area contributed by atoms with Crippen LogP contribution in [0.2, 0.25) is 0 Å². The molecule has 0 spiro atoms. The maximum Gasteiger partial charge on any atom is 0.407 e. The summed E-state index contributed by atoms with van der Waals surface area (Å²) in [7, 11) is 2.50. The van der Waals surface area contributed by atoms with Crippen molar-refractivity contribution in [2.45, 2.75) is 70.7 Å². The topological polar surface area (TPSA) is 272 Å². The molecule has 6 atom stereocenters. The van der Waals surface area contributed by atoms with Gasteiger partial charge in [0.15, 0.2) is 0 Å².